The van der Waals surface area contributed by atoms with E-state index in [0.717, 1.165) is 31.7 Å². The first-order valence-electron chi connectivity index (χ1n) is 7.55. The van der Waals surface area contributed by atoms with Crippen molar-refractivity contribution < 1.29 is 18.6 Å². The molecule has 1 aliphatic rings. The fourth-order valence-electron chi connectivity index (χ4n) is 2.97. The summed E-state index contributed by atoms with van der Waals surface area (Å²) in [5.41, 5.74) is 0.894. The average Bonchev–Trinajstić information content (AvgIpc) is 2.59. The van der Waals surface area contributed by atoms with E-state index in [4.69, 9.17) is 14.2 Å². The molecule has 132 valence electrons. The number of alkyl halides is 1. The zero-order chi connectivity index (χ0) is 15.9. The van der Waals surface area contributed by atoms with Crippen molar-refractivity contribution >= 4 is 12.4 Å². The maximum atomic E-state index is 13.2. The Hall–Kier alpha value is -1.24. The Morgan fingerprint density at radius 2 is 1.65 bits per heavy atom. The van der Waals surface area contributed by atoms with Gasteiger partial charge in [0.15, 0.2) is 0 Å². The molecule has 23 heavy (non-hydrogen) atoms. The van der Waals surface area contributed by atoms with Gasteiger partial charge in [-0.1, -0.05) is 0 Å². The first kappa shape index (κ1) is 19.8. The first-order chi connectivity index (χ1) is 10.7. The van der Waals surface area contributed by atoms with Gasteiger partial charge in [-0.15, -0.1) is 12.4 Å². The van der Waals surface area contributed by atoms with Crippen LogP contribution < -0.4 is 19.5 Å². The standard InChI is InChI=1S/C16H25FN2O3.ClH/c1-20-12-10-14(21-2)16(15(11-12)22-3)13(4-5-17)19-8-6-18-7-9-19;/h10-11,13,18H,4-9H2,1-3H3;1H/t13-;/m0./s1. The van der Waals surface area contributed by atoms with E-state index in [1.165, 1.54) is 0 Å². The molecule has 5 nitrogen and oxygen atoms in total. The zero-order valence-electron chi connectivity index (χ0n) is 13.9. The second-order valence-electron chi connectivity index (χ2n) is 5.23. The molecule has 0 amide bonds. The van der Waals surface area contributed by atoms with Crippen molar-refractivity contribution in [1.29, 1.82) is 0 Å². The maximum absolute atomic E-state index is 13.2. The minimum atomic E-state index is -0.382. The van der Waals surface area contributed by atoms with E-state index in [0.29, 0.717) is 23.7 Å². The quantitative estimate of drug-likeness (QED) is 0.820. The van der Waals surface area contributed by atoms with Gasteiger partial charge in [-0.05, 0) is 6.42 Å². The first-order valence-corrected chi connectivity index (χ1v) is 7.55. The molecule has 1 aromatic carbocycles. The molecule has 7 heteroatoms. The number of nitrogens with zero attached hydrogens (tertiary/aromatic N) is 1. The Labute approximate surface area is 143 Å². The minimum absolute atomic E-state index is 0. The summed E-state index contributed by atoms with van der Waals surface area (Å²) in [7, 11) is 4.83. The van der Waals surface area contributed by atoms with E-state index in [-0.39, 0.29) is 25.1 Å². The van der Waals surface area contributed by atoms with Crippen LogP contribution >= 0.6 is 12.4 Å². The SMILES string of the molecule is COc1cc(OC)c([C@H](CCF)N2CCNCC2)c(OC)c1.Cl. The van der Waals surface area contributed by atoms with E-state index in [9.17, 15) is 4.39 Å². The molecule has 1 N–H and O–H groups in total. The lowest BCUT2D eigenvalue weighted by molar-refractivity contribution is 0.152. The predicted molar refractivity (Wildman–Crippen MR) is 91.1 cm³/mol. The zero-order valence-corrected chi connectivity index (χ0v) is 14.7. The highest BCUT2D eigenvalue weighted by Crippen LogP contribution is 2.42. The van der Waals surface area contributed by atoms with E-state index in [1.807, 2.05) is 12.1 Å². The number of rotatable bonds is 7. The molecule has 0 spiro atoms. The highest BCUT2D eigenvalue weighted by molar-refractivity contribution is 5.85. The topological polar surface area (TPSA) is 43.0 Å². The summed E-state index contributed by atoms with van der Waals surface area (Å²) in [4.78, 5) is 2.28. The third kappa shape index (κ3) is 4.62. The van der Waals surface area contributed by atoms with Crippen LogP contribution in [-0.4, -0.2) is 59.1 Å². The Morgan fingerprint density at radius 1 is 1.09 bits per heavy atom. The summed E-state index contributed by atoms with van der Waals surface area (Å²) in [6, 6.07) is 3.58. The number of hydrogen-bond acceptors (Lipinski definition) is 5. The van der Waals surface area contributed by atoms with Crippen molar-refractivity contribution in [3.8, 4) is 17.2 Å². The molecule has 0 aliphatic carbocycles. The molecule has 0 unspecified atom stereocenters. The molecular formula is C16H26ClFN2O3. The summed E-state index contributed by atoms with van der Waals surface area (Å²) in [5.74, 6) is 2.01. The number of hydrogen-bond donors (Lipinski definition) is 1. The van der Waals surface area contributed by atoms with Crippen LogP contribution in [0.3, 0.4) is 0 Å². The Kier molecular flexibility index (Phi) is 8.44. The summed E-state index contributed by atoms with van der Waals surface area (Å²) >= 11 is 0. The number of nitrogens with one attached hydrogen (secondary N) is 1. The van der Waals surface area contributed by atoms with Crippen LogP contribution in [0, 0.1) is 0 Å². The number of piperazine rings is 1. The van der Waals surface area contributed by atoms with Crippen molar-refractivity contribution in [2.24, 2.45) is 0 Å². The van der Waals surface area contributed by atoms with Gasteiger partial charge in [-0.3, -0.25) is 9.29 Å². The van der Waals surface area contributed by atoms with E-state index in [2.05, 4.69) is 10.2 Å². The molecule has 2 rings (SSSR count). The Morgan fingerprint density at radius 3 is 2.09 bits per heavy atom. The van der Waals surface area contributed by atoms with Crippen molar-refractivity contribution in [2.45, 2.75) is 12.5 Å². The van der Waals surface area contributed by atoms with E-state index < -0.39 is 0 Å². The molecule has 0 aromatic heterocycles. The predicted octanol–water partition coefficient (Wildman–Crippen LogP) is 2.44. The molecule has 1 aliphatic heterocycles. The molecule has 1 fully saturated rings. The van der Waals surface area contributed by atoms with Crippen LogP contribution in [-0.2, 0) is 0 Å². The summed E-state index contributed by atoms with van der Waals surface area (Å²) in [6.45, 7) is 3.19. The molecule has 1 heterocycles. The molecule has 0 bridgehead atoms. The smallest absolute Gasteiger partial charge is 0.131 e. The lowest BCUT2D eigenvalue weighted by Crippen LogP contribution is -2.45. The van der Waals surface area contributed by atoms with Crippen LogP contribution in [0.1, 0.15) is 18.0 Å². The fraction of sp³-hybridized carbons (Fsp3) is 0.625. The van der Waals surface area contributed by atoms with E-state index >= 15 is 0 Å². The van der Waals surface area contributed by atoms with E-state index in [1.54, 1.807) is 21.3 Å². The van der Waals surface area contributed by atoms with Gasteiger partial charge in [-0.25, -0.2) is 0 Å². The lowest BCUT2D eigenvalue weighted by Gasteiger charge is -2.36. The van der Waals surface area contributed by atoms with Crippen molar-refractivity contribution in [1.82, 2.24) is 10.2 Å². The molecular weight excluding hydrogens is 323 g/mol. The highest BCUT2D eigenvalue weighted by atomic mass is 35.5. The molecule has 0 radical (unpaired) electrons. The molecule has 1 atom stereocenters. The van der Waals surface area contributed by atoms with Crippen molar-refractivity contribution in [2.75, 3.05) is 54.2 Å². The number of ether oxygens (including phenoxy) is 3. The monoisotopic (exact) mass is 348 g/mol. The van der Waals surface area contributed by atoms with Crippen molar-refractivity contribution in [3.05, 3.63) is 17.7 Å². The lowest BCUT2D eigenvalue weighted by atomic mass is 9.99. The number of benzene rings is 1. The Balaban J connectivity index is 0.00000264. The van der Waals surface area contributed by atoms with Crippen LogP contribution in [0.25, 0.3) is 0 Å². The number of methoxy groups -OCH3 is 3. The summed E-state index contributed by atoms with van der Waals surface area (Å²) in [6.07, 6.45) is 0.416. The van der Waals surface area contributed by atoms with Gasteiger partial charge >= 0.3 is 0 Å². The summed E-state index contributed by atoms with van der Waals surface area (Å²) < 4.78 is 29.5. The van der Waals surface area contributed by atoms with Gasteiger partial charge in [0.05, 0.1) is 33.6 Å². The number of halogens is 2. The van der Waals surface area contributed by atoms with Gasteiger partial charge in [0.2, 0.25) is 0 Å². The largest absolute Gasteiger partial charge is 0.496 e. The fourth-order valence-corrected chi connectivity index (χ4v) is 2.97. The summed E-state index contributed by atoms with van der Waals surface area (Å²) in [5, 5.41) is 3.32. The maximum Gasteiger partial charge on any atom is 0.131 e. The highest BCUT2D eigenvalue weighted by Gasteiger charge is 2.28. The van der Waals surface area contributed by atoms with Gasteiger partial charge in [0.1, 0.15) is 17.2 Å². The third-order valence-electron chi connectivity index (χ3n) is 4.06. The molecule has 1 aromatic rings. The van der Waals surface area contributed by atoms with Crippen LogP contribution in [0.4, 0.5) is 4.39 Å². The van der Waals surface area contributed by atoms with Gasteiger partial charge < -0.3 is 19.5 Å². The second kappa shape index (κ2) is 9.80. The van der Waals surface area contributed by atoms with Crippen molar-refractivity contribution in [3.63, 3.8) is 0 Å². The van der Waals surface area contributed by atoms with Crippen LogP contribution in [0.15, 0.2) is 12.1 Å². The van der Waals surface area contributed by atoms with Gasteiger partial charge in [-0.2, -0.15) is 0 Å². The minimum Gasteiger partial charge on any atom is -0.496 e. The Bertz CT molecular complexity index is 459. The average molecular weight is 349 g/mol. The van der Waals surface area contributed by atoms with Crippen LogP contribution in [0.5, 0.6) is 17.2 Å². The second-order valence-corrected chi connectivity index (χ2v) is 5.23. The van der Waals surface area contributed by atoms with Gasteiger partial charge in [0, 0.05) is 44.4 Å². The normalized spacial score (nSPS) is 16.3. The third-order valence-corrected chi connectivity index (χ3v) is 4.06. The molecule has 1 saturated heterocycles. The van der Waals surface area contributed by atoms with Gasteiger partial charge in [0.25, 0.3) is 0 Å². The molecule has 0 saturated carbocycles. The van der Waals surface area contributed by atoms with Crippen LogP contribution in [0.2, 0.25) is 0 Å².